The van der Waals surface area contributed by atoms with Crippen molar-refractivity contribution in [3.8, 4) is 16.9 Å². The summed E-state index contributed by atoms with van der Waals surface area (Å²) in [7, 11) is 1.68. The number of nitrogens with zero attached hydrogens (tertiary/aromatic N) is 1. The van der Waals surface area contributed by atoms with Crippen LogP contribution in [0.1, 0.15) is 47.1 Å². The zero-order valence-electron chi connectivity index (χ0n) is 16.9. The summed E-state index contributed by atoms with van der Waals surface area (Å²) in [5.41, 5.74) is 11.6. The molecule has 4 heteroatoms. The fraction of sp³-hybridized carbons (Fsp3) is 0.292. The average Bonchev–Trinajstić information content (AvgIpc) is 2.99. The molecular formula is C24H28N2O2. The van der Waals surface area contributed by atoms with Gasteiger partial charge in [0.1, 0.15) is 5.75 Å². The predicted molar refractivity (Wildman–Crippen MR) is 114 cm³/mol. The Balaban J connectivity index is 2.22. The molecule has 0 aliphatic rings. The molecule has 3 rings (SSSR count). The quantitative estimate of drug-likeness (QED) is 0.604. The molecule has 0 bridgehead atoms. The molecular weight excluding hydrogens is 348 g/mol. The number of methoxy groups -OCH3 is 1. The second-order valence-corrected chi connectivity index (χ2v) is 7.01. The highest BCUT2D eigenvalue weighted by atomic mass is 16.5. The van der Waals surface area contributed by atoms with Crippen LogP contribution in [0.25, 0.3) is 11.1 Å². The van der Waals surface area contributed by atoms with E-state index in [1.165, 1.54) is 0 Å². The molecule has 28 heavy (non-hydrogen) atoms. The van der Waals surface area contributed by atoms with Gasteiger partial charge in [-0.2, -0.15) is 0 Å². The number of rotatable bonds is 8. The summed E-state index contributed by atoms with van der Waals surface area (Å²) in [5, 5.41) is 0. The van der Waals surface area contributed by atoms with Gasteiger partial charge in [-0.15, -0.1) is 0 Å². The molecule has 1 heterocycles. The van der Waals surface area contributed by atoms with E-state index in [1.54, 1.807) is 7.11 Å². The first kappa shape index (κ1) is 19.7. The number of nitrogens with two attached hydrogens (primary N) is 1. The van der Waals surface area contributed by atoms with Crippen LogP contribution < -0.4 is 10.5 Å². The lowest BCUT2D eigenvalue weighted by Gasteiger charge is -2.15. The van der Waals surface area contributed by atoms with E-state index >= 15 is 0 Å². The zero-order valence-corrected chi connectivity index (χ0v) is 16.9. The molecule has 0 radical (unpaired) electrons. The Morgan fingerprint density at radius 1 is 1.07 bits per heavy atom. The van der Waals surface area contributed by atoms with Gasteiger partial charge in [0.05, 0.1) is 19.2 Å². The maximum atomic E-state index is 12.4. The molecule has 1 aromatic heterocycles. The van der Waals surface area contributed by atoms with E-state index < -0.39 is 0 Å². The lowest BCUT2D eigenvalue weighted by Crippen LogP contribution is -2.13. The molecule has 146 valence electrons. The first-order chi connectivity index (χ1) is 13.6. The highest BCUT2D eigenvalue weighted by Crippen LogP contribution is 2.35. The van der Waals surface area contributed by atoms with Crippen LogP contribution in [0, 0.1) is 6.92 Å². The Morgan fingerprint density at radius 2 is 1.75 bits per heavy atom. The van der Waals surface area contributed by atoms with Crippen molar-refractivity contribution in [3.63, 3.8) is 0 Å². The van der Waals surface area contributed by atoms with Crippen molar-refractivity contribution < 1.29 is 9.53 Å². The van der Waals surface area contributed by atoms with Crippen molar-refractivity contribution in [2.45, 2.75) is 39.7 Å². The van der Waals surface area contributed by atoms with E-state index in [0.717, 1.165) is 53.1 Å². The van der Waals surface area contributed by atoms with Gasteiger partial charge in [0.15, 0.2) is 0 Å². The van der Waals surface area contributed by atoms with Crippen molar-refractivity contribution >= 4 is 5.91 Å². The molecule has 0 saturated heterocycles. The van der Waals surface area contributed by atoms with Gasteiger partial charge in [0.25, 0.3) is 5.91 Å². The first-order valence-corrected chi connectivity index (χ1v) is 9.77. The number of carbonyl (C=O) groups is 1. The van der Waals surface area contributed by atoms with Crippen molar-refractivity contribution in [2.75, 3.05) is 7.11 Å². The van der Waals surface area contributed by atoms with Crippen LogP contribution in [0.15, 0.2) is 54.6 Å². The van der Waals surface area contributed by atoms with E-state index in [2.05, 4.69) is 17.6 Å². The third-order valence-corrected chi connectivity index (χ3v) is 5.23. The fourth-order valence-electron chi connectivity index (χ4n) is 3.84. The van der Waals surface area contributed by atoms with Gasteiger partial charge in [0, 0.05) is 22.5 Å². The molecule has 0 fully saturated rings. The van der Waals surface area contributed by atoms with Crippen LogP contribution in [0.4, 0.5) is 0 Å². The summed E-state index contributed by atoms with van der Waals surface area (Å²) in [6.45, 7) is 4.80. The Hall–Kier alpha value is -3.01. The van der Waals surface area contributed by atoms with Gasteiger partial charge in [-0.05, 0) is 31.4 Å². The molecule has 4 nitrogen and oxygen atoms in total. The second-order valence-electron chi connectivity index (χ2n) is 7.01. The molecule has 0 atom stereocenters. The molecule has 0 unspecified atom stereocenters. The van der Waals surface area contributed by atoms with Gasteiger partial charge in [-0.1, -0.05) is 61.9 Å². The third-order valence-electron chi connectivity index (χ3n) is 5.23. The summed E-state index contributed by atoms with van der Waals surface area (Å²) < 4.78 is 7.77. The summed E-state index contributed by atoms with van der Waals surface area (Å²) in [5.74, 6) is 0.465. The van der Waals surface area contributed by atoms with Gasteiger partial charge in [0.2, 0.25) is 0 Å². The number of amides is 1. The van der Waals surface area contributed by atoms with E-state index in [4.69, 9.17) is 10.5 Å². The minimum atomic E-state index is -0.382. The standard InChI is InChI=1S/C24H28N2O2/c1-4-5-14-20-23(18-11-7-6-8-12-18)22(24(25)27)17(2)26(20)16-19-13-9-10-15-21(19)28-3/h6-13,15H,4-5,14,16H2,1-3H3,(H2,25,27). The van der Waals surface area contributed by atoms with Crippen LogP contribution in [-0.2, 0) is 13.0 Å². The van der Waals surface area contributed by atoms with E-state index in [1.807, 2.05) is 55.5 Å². The molecule has 0 aliphatic carbocycles. The molecule has 0 aliphatic heterocycles. The minimum absolute atomic E-state index is 0.382. The highest BCUT2D eigenvalue weighted by Gasteiger charge is 2.24. The number of para-hydroxylation sites is 1. The number of unbranched alkanes of at least 4 members (excludes halogenated alkanes) is 1. The van der Waals surface area contributed by atoms with E-state index in [-0.39, 0.29) is 5.91 Å². The van der Waals surface area contributed by atoms with Crippen LogP contribution in [0.5, 0.6) is 5.75 Å². The van der Waals surface area contributed by atoms with Crippen LogP contribution in [0.3, 0.4) is 0 Å². The Bertz CT molecular complexity index is 958. The van der Waals surface area contributed by atoms with Gasteiger partial charge in [-0.3, -0.25) is 4.79 Å². The number of hydrogen-bond donors (Lipinski definition) is 1. The molecule has 2 N–H and O–H groups in total. The number of ether oxygens (including phenoxy) is 1. The predicted octanol–water partition coefficient (Wildman–Crippen LogP) is 4.96. The van der Waals surface area contributed by atoms with E-state index in [0.29, 0.717) is 12.1 Å². The number of primary amides is 1. The Labute approximate surface area is 166 Å². The molecule has 0 spiro atoms. The van der Waals surface area contributed by atoms with Crippen LogP contribution >= 0.6 is 0 Å². The summed E-state index contributed by atoms with van der Waals surface area (Å²) in [6, 6.07) is 18.1. The van der Waals surface area contributed by atoms with Gasteiger partial charge < -0.3 is 15.0 Å². The number of carbonyl (C=O) groups excluding carboxylic acids is 1. The third kappa shape index (κ3) is 3.81. The Morgan fingerprint density at radius 3 is 2.39 bits per heavy atom. The smallest absolute Gasteiger partial charge is 0.251 e. The van der Waals surface area contributed by atoms with Gasteiger partial charge in [-0.25, -0.2) is 0 Å². The minimum Gasteiger partial charge on any atom is -0.496 e. The largest absolute Gasteiger partial charge is 0.496 e. The highest BCUT2D eigenvalue weighted by molar-refractivity contribution is 6.02. The van der Waals surface area contributed by atoms with E-state index in [9.17, 15) is 4.79 Å². The molecule has 2 aromatic carbocycles. The second kappa shape index (κ2) is 8.79. The van der Waals surface area contributed by atoms with Gasteiger partial charge >= 0.3 is 0 Å². The average molecular weight is 377 g/mol. The monoisotopic (exact) mass is 376 g/mol. The lowest BCUT2D eigenvalue weighted by molar-refractivity contribution is 0.1000. The SMILES string of the molecule is CCCCc1c(-c2ccccc2)c(C(N)=O)c(C)n1Cc1ccccc1OC. The summed E-state index contributed by atoms with van der Waals surface area (Å²) in [6.07, 6.45) is 3.02. The maximum absolute atomic E-state index is 12.4. The van der Waals surface area contributed by atoms with Crippen molar-refractivity contribution in [1.82, 2.24) is 4.57 Å². The summed E-state index contributed by atoms with van der Waals surface area (Å²) >= 11 is 0. The first-order valence-electron chi connectivity index (χ1n) is 9.77. The van der Waals surface area contributed by atoms with Crippen molar-refractivity contribution in [2.24, 2.45) is 5.73 Å². The van der Waals surface area contributed by atoms with Crippen molar-refractivity contribution in [1.29, 1.82) is 0 Å². The molecule has 1 amide bonds. The zero-order chi connectivity index (χ0) is 20.1. The van der Waals surface area contributed by atoms with Crippen LogP contribution in [-0.4, -0.2) is 17.6 Å². The number of hydrogen-bond acceptors (Lipinski definition) is 2. The number of benzene rings is 2. The Kier molecular flexibility index (Phi) is 6.19. The van der Waals surface area contributed by atoms with Crippen LogP contribution in [0.2, 0.25) is 0 Å². The van der Waals surface area contributed by atoms with Crippen molar-refractivity contribution in [3.05, 3.63) is 77.1 Å². The topological polar surface area (TPSA) is 57.2 Å². The lowest BCUT2D eigenvalue weighted by atomic mass is 9.97. The summed E-state index contributed by atoms with van der Waals surface area (Å²) in [4.78, 5) is 12.4. The number of aromatic nitrogens is 1. The fourth-order valence-corrected chi connectivity index (χ4v) is 3.84. The maximum Gasteiger partial charge on any atom is 0.251 e. The molecule has 3 aromatic rings. The molecule has 0 saturated carbocycles. The normalized spacial score (nSPS) is 10.8.